The molecule has 2 aromatic rings. The highest BCUT2D eigenvalue weighted by Gasteiger charge is 2.19. The molecular weight excluding hydrogens is 444 g/mol. The van der Waals surface area contributed by atoms with Gasteiger partial charge in [0.05, 0.1) is 16.0 Å². The van der Waals surface area contributed by atoms with Gasteiger partial charge < -0.3 is 15.3 Å². The summed E-state index contributed by atoms with van der Waals surface area (Å²) in [5, 5.41) is 17.5. The molecule has 2 rings (SSSR count). The van der Waals surface area contributed by atoms with Crippen molar-refractivity contribution in [1.29, 1.82) is 5.41 Å². The lowest BCUT2D eigenvalue weighted by atomic mass is 10.1. The molecule has 0 amide bonds. The van der Waals surface area contributed by atoms with Crippen LogP contribution in [0, 0.1) is 5.41 Å². The van der Waals surface area contributed by atoms with E-state index in [1.54, 1.807) is 12.1 Å². The number of aliphatic hydroxyl groups is 1. The Labute approximate surface area is 193 Å². The zero-order valence-corrected chi connectivity index (χ0v) is 19.7. The van der Waals surface area contributed by atoms with Gasteiger partial charge >= 0.3 is 5.97 Å². The highest BCUT2D eigenvalue weighted by atomic mass is 32.2. The van der Waals surface area contributed by atoms with Gasteiger partial charge in [0, 0.05) is 11.4 Å². The van der Waals surface area contributed by atoms with E-state index in [9.17, 15) is 23.1 Å². The van der Waals surface area contributed by atoms with E-state index in [1.165, 1.54) is 32.0 Å². The van der Waals surface area contributed by atoms with Gasteiger partial charge in [0.25, 0.3) is 10.0 Å². The third-order valence-corrected chi connectivity index (χ3v) is 6.14. The summed E-state index contributed by atoms with van der Waals surface area (Å²) in [6.45, 7) is 4.00. The SMILES string of the molecule is CCCCc1ccc(NS(=O)(=O)c2cccc(C(=O)OC/C(O)=C(\C(C)=N)C(C)=O)c2)cc1. The van der Waals surface area contributed by atoms with Gasteiger partial charge in [-0.25, -0.2) is 13.2 Å². The van der Waals surface area contributed by atoms with Gasteiger partial charge in [0.15, 0.2) is 5.78 Å². The second kappa shape index (κ2) is 11.4. The monoisotopic (exact) mass is 472 g/mol. The van der Waals surface area contributed by atoms with Gasteiger partial charge in [0.1, 0.15) is 12.4 Å². The molecule has 8 nitrogen and oxygen atoms in total. The third-order valence-electron chi connectivity index (χ3n) is 4.76. The summed E-state index contributed by atoms with van der Waals surface area (Å²) in [6, 6.07) is 12.4. The van der Waals surface area contributed by atoms with E-state index in [-0.39, 0.29) is 21.7 Å². The van der Waals surface area contributed by atoms with Crippen LogP contribution in [0.15, 0.2) is 64.8 Å². The number of carbonyl (C=O) groups excluding carboxylic acids is 2. The normalized spacial score (nSPS) is 12.0. The minimum Gasteiger partial charge on any atom is -0.508 e. The molecule has 0 aromatic heterocycles. The second-order valence-electron chi connectivity index (χ2n) is 7.51. The topological polar surface area (TPSA) is 134 Å². The van der Waals surface area contributed by atoms with E-state index in [0.29, 0.717) is 5.69 Å². The molecule has 0 unspecified atom stereocenters. The summed E-state index contributed by atoms with van der Waals surface area (Å²) in [5.41, 5.74) is 1.08. The van der Waals surface area contributed by atoms with Crippen molar-refractivity contribution in [2.24, 2.45) is 0 Å². The molecule has 176 valence electrons. The number of anilines is 1. The van der Waals surface area contributed by atoms with E-state index >= 15 is 0 Å². The number of esters is 1. The van der Waals surface area contributed by atoms with Crippen molar-refractivity contribution in [2.45, 2.75) is 44.9 Å². The fourth-order valence-electron chi connectivity index (χ4n) is 3.10. The summed E-state index contributed by atoms with van der Waals surface area (Å²) in [4.78, 5) is 23.8. The number of sulfonamides is 1. The number of carbonyl (C=O) groups is 2. The number of aliphatic hydroxyl groups excluding tert-OH is 1. The van der Waals surface area contributed by atoms with Gasteiger partial charge in [-0.2, -0.15) is 0 Å². The molecule has 2 aromatic carbocycles. The van der Waals surface area contributed by atoms with E-state index in [1.807, 2.05) is 12.1 Å². The summed E-state index contributed by atoms with van der Waals surface area (Å²) >= 11 is 0. The van der Waals surface area contributed by atoms with Gasteiger partial charge in [-0.1, -0.05) is 31.5 Å². The van der Waals surface area contributed by atoms with E-state index in [0.717, 1.165) is 30.9 Å². The van der Waals surface area contributed by atoms with Crippen molar-refractivity contribution in [3.63, 3.8) is 0 Å². The van der Waals surface area contributed by atoms with Crippen LogP contribution in [0.4, 0.5) is 5.69 Å². The molecule has 0 fully saturated rings. The first kappa shape index (κ1) is 25.8. The molecule has 3 N–H and O–H groups in total. The number of unbranched alkanes of at least 4 members (excludes halogenated alkanes) is 1. The van der Waals surface area contributed by atoms with Crippen LogP contribution in [0.3, 0.4) is 0 Å². The molecule has 33 heavy (non-hydrogen) atoms. The number of Topliss-reactive ketones (excluding diaryl/α,β-unsaturated/α-hetero) is 1. The minimum atomic E-state index is -3.96. The molecule has 0 saturated carbocycles. The Hall–Kier alpha value is -3.46. The number of ketones is 1. The third kappa shape index (κ3) is 7.28. The minimum absolute atomic E-state index is 0.0449. The Bertz CT molecular complexity index is 1150. The van der Waals surface area contributed by atoms with Gasteiger partial charge in [-0.3, -0.25) is 9.52 Å². The van der Waals surface area contributed by atoms with Crippen LogP contribution >= 0.6 is 0 Å². The standard InChI is InChI=1S/C24H28N2O6S/c1-4-5-7-18-10-12-20(13-11-18)26-33(30,31)21-9-6-8-19(14-21)24(29)32-15-22(28)23(16(2)25)17(3)27/h6,8-14,25-26,28H,4-5,7,15H2,1-3H3/b23-22-,25-16?. The quantitative estimate of drug-likeness (QED) is 0.192. The molecule has 0 heterocycles. The molecule has 0 radical (unpaired) electrons. The zero-order chi connectivity index (χ0) is 24.6. The lowest BCUT2D eigenvalue weighted by molar-refractivity contribution is -0.113. The van der Waals surface area contributed by atoms with Crippen LogP contribution in [0.25, 0.3) is 0 Å². The second-order valence-corrected chi connectivity index (χ2v) is 9.20. The number of nitrogens with one attached hydrogen (secondary N) is 2. The molecule has 0 bridgehead atoms. The average Bonchev–Trinajstić information content (AvgIpc) is 2.76. The number of aryl methyl sites for hydroxylation is 1. The summed E-state index contributed by atoms with van der Waals surface area (Å²) < 4.78 is 33.0. The van der Waals surface area contributed by atoms with E-state index in [4.69, 9.17) is 10.1 Å². The molecule has 0 spiro atoms. The summed E-state index contributed by atoms with van der Waals surface area (Å²) in [5.74, 6) is -1.96. The number of hydrogen-bond acceptors (Lipinski definition) is 7. The van der Waals surface area contributed by atoms with Gasteiger partial charge in [-0.15, -0.1) is 0 Å². The fourth-order valence-corrected chi connectivity index (χ4v) is 4.20. The van der Waals surface area contributed by atoms with Crippen LogP contribution in [0.1, 0.15) is 49.5 Å². The number of rotatable bonds is 11. The van der Waals surface area contributed by atoms with Crippen molar-refractivity contribution >= 4 is 33.2 Å². The Morgan fingerprint density at radius 3 is 2.33 bits per heavy atom. The molecule has 9 heteroatoms. The molecule has 0 saturated heterocycles. The molecular formula is C24H28N2O6S. The van der Waals surface area contributed by atoms with E-state index < -0.39 is 34.1 Å². The van der Waals surface area contributed by atoms with Crippen molar-refractivity contribution in [3.05, 3.63) is 71.0 Å². The highest BCUT2D eigenvalue weighted by molar-refractivity contribution is 7.92. The van der Waals surface area contributed by atoms with Gasteiger partial charge in [-0.05, 0) is 62.6 Å². The summed E-state index contributed by atoms with van der Waals surface area (Å²) in [6.07, 6.45) is 3.05. The number of ether oxygens (including phenoxy) is 1. The largest absolute Gasteiger partial charge is 0.508 e. The van der Waals surface area contributed by atoms with Crippen molar-refractivity contribution in [1.82, 2.24) is 0 Å². The maximum Gasteiger partial charge on any atom is 0.338 e. The predicted octanol–water partition coefficient (Wildman–Crippen LogP) is 4.43. The molecule has 0 aliphatic carbocycles. The van der Waals surface area contributed by atoms with Crippen LogP contribution in [0.5, 0.6) is 0 Å². The Balaban J connectivity index is 2.14. The van der Waals surface area contributed by atoms with Crippen LogP contribution in [-0.4, -0.2) is 37.6 Å². The smallest absolute Gasteiger partial charge is 0.338 e. The molecule has 0 aliphatic rings. The Morgan fingerprint density at radius 2 is 1.76 bits per heavy atom. The van der Waals surface area contributed by atoms with E-state index in [2.05, 4.69) is 11.6 Å². The zero-order valence-electron chi connectivity index (χ0n) is 18.8. The highest BCUT2D eigenvalue weighted by Crippen LogP contribution is 2.19. The lowest BCUT2D eigenvalue weighted by Crippen LogP contribution is -2.16. The Kier molecular flexibility index (Phi) is 8.93. The maximum atomic E-state index is 12.8. The number of hydrogen-bond donors (Lipinski definition) is 3. The first-order valence-corrected chi connectivity index (χ1v) is 11.9. The van der Waals surface area contributed by atoms with Crippen molar-refractivity contribution in [3.8, 4) is 0 Å². The van der Waals surface area contributed by atoms with Crippen LogP contribution in [-0.2, 0) is 26.0 Å². The van der Waals surface area contributed by atoms with Crippen molar-refractivity contribution < 1.29 is 27.9 Å². The lowest BCUT2D eigenvalue weighted by Gasteiger charge is -2.11. The average molecular weight is 473 g/mol. The molecule has 0 atom stereocenters. The van der Waals surface area contributed by atoms with Crippen LogP contribution < -0.4 is 4.72 Å². The number of allylic oxidation sites excluding steroid dienone is 1. The Morgan fingerprint density at radius 1 is 1.09 bits per heavy atom. The van der Waals surface area contributed by atoms with Crippen molar-refractivity contribution in [2.75, 3.05) is 11.3 Å². The summed E-state index contributed by atoms with van der Waals surface area (Å²) in [7, 11) is -3.96. The van der Waals surface area contributed by atoms with Crippen LogP contribution in [0.2, 0.25) is 0 Å². The first-order valence-electron chi connectivity index (χ1n) is 10.4. The van der Waals surface area contributed by atoms with Gasteiger partial charge in [0.2, 0.25) is 0 Å². The number of benzene rings is 2. The first-order chi connectivity index (χ1) is 15.5. The molecule has 0 aliphatic heterocycles. The fraction of sp³-hybridized carbons (Fsp3) is 0.292. The predicted molar refractivity (Wildman–Crippen MR) is 126 cm³/mol. The maximum absolute atomic E-state index is 12.8.